The zero-order chi connectivity index (χ0) is 28.8. The number of hydrogen-bond donors (Lipinski definition) is 2. The van der Waals surface area contributed by atoms with Gasteiger partial charge in [0.15, 0.2) is 0 Å². The molecule has 0 saturated carbocycles. The maximum absolute atomic E-state index is 13.1. The highest BCUT2D eigenvalue weighted by Crippen LogP contribution is 2.42. The third kappa shape index (κ3) is 5.55. The summed E-state index contributed by atoms with van der Waals surface area (Å²) in [6, 6.07) is 11.4. The third-order valence-corrected chi connectivity index (χ3v) is 8.84. The van der Waals surface area contributed by atoms with Crippen LogP contribution in [-0.4, -0.2) is 44.2 Å². The minimum Gasteiger partial charge on any atom is -0.507 e. The number of H-pyrrole nitrogens is 1. The Morgan fingerprint density at radius 2 is 1.62 bits per heavy atom. The second-order valence-electron chi connectivity index (χ2n) is 12.9. The molecule has 0 unspecified atom stereocenters. The van der Waals surface area contributed by atoms with E-state index in [4.69, 9.17) is 4.98 Å². The van der Waals surface area contributed by atoms with E-state index in [-0.39, 0.29) is 28.7 Å². The molecule has 2 aromatic carbocycles. The minimum absolute atomic E-state index is 0.0245. The van der Waals surface area contributed by atoms with Gasteiger partial charge in [-0.15, -0.1) is 11.3 Å². The number of aromatic hydroxyl groups is 1. The molecule has 7 nitrogen and oxygen atoms in total. The molecule has 0 aliphatic carbocycles. The molecular weight excluding hydrogens is 520 g/mol. The molecule has 1 saturated heterocycles. The van der Waals surface area contributed by atoms with Crippen molar-refractivity contribution in [2.75, 3.05) is 13.1 Å². The van der Waals surface area contributed by atoms with E-state index < -0.39 is 0 Å². The molecule has 1 aliphatic rings. The Morgan fingerprint density at radius 1 is 1.02 bits per heavy atom. The van der Waals surface area contributed by atoms with Gasteiger partial charge in [0.2, 0.25) is 5.91 Å². The van der Waals surface area contributed by atoms with E-state index in [0.29, 0.717) is 35.8 Å². The molecule has 8 heteroatoms. The minimum atomic E-state index is -0.244. The second kappa shape index (κ2) is 10.5. The Hall–Kier alpha value is -3.52. The number of piperidine rings is 1. The highest BCUT2D eigenvalue weighted by molar-refractivity contribution is 7.10. The van der Waals surface area contributed by atoms with Crippen molar-refractivity contribution < 1.29 is 9.90 Å². The Labute approximate surface area is 239 Å². The molecule has 3 heterocycles. The number of carbonyl (C=O) groups is 1. The van der Waals surface area contributed by atoms with Crippen molar-refractivity contribution in [2.24, 2.45) is 0 Å². The van der Waals surface area contributed by atoms with Gasteiger partial charge in [-0.1, -0.05) is 59.7 Å². The monoisotopic (exact) mass is 558 g/mol. The quantitative estimate of drug-likeness (QED) is 0.306. The molecule has 0 radical (unpaired) electrons. The maximum atomic E-state index is 13.1. The van der Waals surface area contributed by atoms with Gasteiger partial charge in [-0.05, 0) is 41.9 Å². The number of carbonyl (C=O) groups excluding carboxylic acids is 1. The van der Waals surface area contributed by atoms with Crippen LogP contribution in [0.25, 0.3) is 22.0 Å². The molecule has 1 aliphatic heterocycles. The van der Waals surface area contributed by atoms with Crippen molar-refractivity contribution in [1.82, 2.24) is 20.1 Å². The number of phenolic OH excluding ortho intramolecular Hbond substituents is 1. The summed E-state index contributed by atoms with van der Waals surface area (Å²) in [6.07, 6.45) is 1.87. The first-order valence-electron chi connectivity index (χ1n) is 13.9. The normalized spacial score (nSPS) is 15.1. The molecule has 40 heavy (non-hydrogen) atoms. The lowest BCUT2D eigenvalue weighted by Crippen LogP contribution is -2.39. The lowest BCUT2D eigenvalue weighted by atomic mass is 9.78. The summed E-state index contributed by atoms with van der Waals surface area (Å²) in [4.78, 5) is 32.2. The van der Waals surface area contributed by atoms with Gasteiger partial charge in [-0.25, -0.2) is 10.1 Å². The number of rotatable bonds is 4. The molecule has 5 rings (SSSR count). The fourth-order valence-electron chi connectivity index (χ4n) is 5.47. The fraction of sp³-hybridized carbons (Fsp3) is 0.438. The summed E-state index contributed by atoms with van der Waals surface area (Å²) in [5.41, 5.74) is 3.79. The summed E-state index contributed by atoms with van der Waals surface area (Å²) >= 11 is 1.68. The lowest BCUT2D eigenvalue weighted by Gasteiger charge is -2.31. The topological polar surface area (TPSA) is 99.2 Å². The van der Waals surface area contributed by atoms with E-state index >= 15 is 0 Å². The van der Waals surface area contributed by atoms with Crippen LogP contribution < -0.4 is 5.56 Å². The fourth-order valence-corrected chi connectivity index (χ4v) is 6.47. The molecule has 1 amide bonds. The number of aromatic amines is 1. The zero-order valence-electron chi connectivity index (χ0n) is 24.2. The van der Waals surface area contributed by atoms with Gasteiger partial charge in [0.25, 0.3) is 5.56 Å². The molecule has 0 atom stereocenters. The smallest absolute Gasteiger partial charge is 0.272 e. The zero-order valence-corrected chi connectivity index (χ0v) is 25.0. The number of phenols is 1. The van der Waals surface area contributed by atoms with E-state index in [1.54, 1.807) is 17.4 Å². The number of nitrogens with one attached hydrogen (secondary N) is 1. The van der Waals surface area contributed by atoms with Gasteiger partial charge in [-0.3, -0.25) is 9.59 Å². The van der Waals surface area contributed by atoms with Crippen molar-refractivity contribution in [1.29, 1.82) is 0 Å². The first-order chi connectivity index (χ1) is 18.8. The molecule has 1 fully saturated rings. The first-order valence-corrected chi connectivity index (χ1v) is 14.8. The van der Waals surface area contributed by atoms with E-state index in [2.05, 4.69) is 69.3 Å². The Balaban J connectivity index is 1.30. The van der Waals surface area contributed by atoms with Gasteiger partial charge in [0, 0.05) is 46.5 Å². The number of benzene rings is 2. The SMILES string of the molecule is CC(C)(C)c1cc(-c2csc(C3CCN(C(=O)Cc4n[nH]c(=O)c5ccccc45)CC3)n2)cc(C(C)(C)C)c1O. The van der Waals surface area contributed by atoms with E-state index in [1.165, 1.54) is 0 Å². The van der Waals surface area contributed by atoms with Gasteiger partial charge in [0.1, 0.15) is 5.75 Å². The van der Waals surface area contributed by atoms with Crippen molar-refractivity contribution in [3.8, 4) is 17.0 Å². The van der Waals surface area contributed by atoms with Gasteiger partial charge < -0.3 is 10.0 Å². The summed E-state index contributed by atoms with van der Waals surface area (Å²) in [5.74, 6) is 0.703. The summed E-state index contributed by atoms with van der Waals surface area (Å²) in [7, 11) is 0. The number of amides is 1. The van der Waals surface area contributed by atoms with Crippen LogP contribution in [0.3, 0.4) is 0 Å². The average molecular weight is 559 g/mol. The van der Waals surface area contributed by atoms with Crippen molar-refractivity contribution >= 4 is 28.0 Å². The number of likely N-dealkylation sites (tertiary alicyclic amines) is 1. The predicted octanol–water partition coefficient (Wildman–Crippen LogP) is 6.30. The van der Waals surface area contributed by atoms with E-state index in [9.17, 15) is 14.7 Å². The summed E-state index contributed by atoms with van der Waals surface area (Å²) in [6.45, 7) is 14.1. The lowest BCUT2D eigenvalue weighted by molar-refractivity contribution is -0.131. The summed E-state index contributed by atoms with van der Waals surface area (Å²) in [5, 5.41) is 22.3. The van der Waals surface area contributed by atoms with Gasteiger partial charge in [0.05, 0.1) is 28.2 Å². The predicted molar refractivity (Wildman–Crippen MR) is 161 cm³/mol. The highest BCUT2D eigenvalue weighted by atomic mass is 32.1. The molecular formula is C32H38N4O3S. The summed E-state index contributed by atoms with van der Waals surface area (Å²) < 4.78 is 0. The molecule has 210 valence electrons. The molecule has 4 aromatic rings. The average Bonchev–Trinajstić information content (AvgIpc) is 3.40. The molecule has 2 aromatic heterocycles. The molecule has 0 bridgehead atoms. The van der Waals surface area contributed by atoms with Crippen LogP contribution in [0.15, 0.2) is 46.6 Å². The Morgan fingerprint density at radius 3 is 2.23 bits per heavy atom. The van der Waals surface area contributed by atoms with Crippen LogP contribution in [0.1, 0.15) is 82.1 Å². The van der Waals surface area contributed by atoms with Crippen LogP contribution in [0.4, 0.5) is 0 Å². The maximum Gasteiger partial charge on any atom is 0.272 e. The number of fused-ring (bicyclic) bond motifs is 1. The standard InChI is InChI=1S/C32H38N4O3S/c1-31(2,3)23-15-20(16-24(28(23)38)32(4,5)6)26-18-40-30(33-26)19-11-13-36(14-12-19)27(37)17-25-21-9-7-8-10-22(21)29(39)35-34-25/h7-10,15-16,18-19,38H,11-14,17H2,1-6H3,(H,35,39). The number of hydrogen-bond acceptors (Lipinski definition) is 6. The van der Waals surface area contributed by atoms with Crippen LogP contribution in [0.2, 0.25) is 0 Å². The number of thiazole rings is 1. The van der Waals surface area contributed by atoms with E-state index in [1.807, 2.05) is 23.1 Å². The van der Waals surface area contributed by atoms with E-state index in [0.717, 1.165) is 45.6 Å². The van der Waals surface area contributed by atoms with Crippen LogP contribution in [0.5, 0.6) is 5.75 Å². The first kappa shape index (κ1) is 28.0. The van der Waals surface area contributed by atoms with Crippen LogP contribution >= 0.6 is 11.3 Å². The van der Waals surface area contributed by atoms with Crippen molar-refractivity contribution in [3.63, 3.8) is 0 Å². The third-order valence-electron chi connectivity index (χ3n) is 7.83. The van der Waals surface area contributed by atoms with Crippen molar-refractivity contribution in [3.05, 3.63) is 74.0 Å². The molecule has 0 spiro atoms. The highest BCUT2D eigenvalue weighted by Gasteiger charge is 2.29. The van der Waals surface area contributed by atoms with Gasteiger partial charge >= 0.3 is 0 Å². The number of nitrogens with zero attached hydrogens (tertiary/aromatic N) is 3. The Kier molecular flexibility index (Phi) is 7.33. The van der Waals surface area contributed by atoms with Crippen LogP contribution in [-0.2, 0) is 22.0 Å². The largest absolute Gasteiger partial charge is 0.507 e. The number of aromatic nitrogens is 3. The van der Waals surface area contributed by atoms with Crippen molar-refractivity contribution in [2.45, 2.75) is 77.6 Å². The molecule has 2 N–H and O–H groups in total. The Bertz CT molecular complexity index is 1580. The van der Waals surface area contributed by atoms with Gasteiger partial charge in [-0.2, -0.15) is 5.10 Å². The second-order valence-corrected chi connectivity index (χ2v) is 13.8. The van der Waals surface area contributed by atoms with Crippen LogP contribution in [0, 0.1) is 0 Å².